The number of nitrogens with two attached hydrogens (primary N) is 1. The fraction of sp³-hybridized carbons (Fsp3) is 0.263. The van der Waals surface area contributed by atoms with Crippen LogP contribution in [0, 0.1) is 0 Å². The molecule has 2 aromatic carbocycles. The third-order valence-corrected chi connectivity index (χ3v) is 3.61. The number of carbonyl (C=O) groups is 2. The van der Waals surface area contributed by atoms with Gasteiger partial charge >= 0.3 is 6.03 Å². The molecule has 25 heavy (non-hydrogen) atoms. The topological polar surface area (TPSA) is 93.4 Å². The molecule has 0 aliphatic heterocycles. The maximum atomic E-state index is 12.0. The minimum atomic E-state index is -0.603. The van der Waals surface area contributed by atoms with Crippen molar-refractivity contribution in [3.63, 3.8) is 0 Å². The fourth-order valence-electron chi connectivity index (χ4n) is 2.39. The van der Waals surface area contributed by atoms with Gasteiger partial charge in [0.1, 0.15) is 5.75 Å². The van der Waals surface area contributed by atoms with Crippen molar-refractivity contribution in [3.8, 4) is 5.75 Å². The SMILES string of the molecule is CCOc1ccccc1CCC(=O)NCc1ccc(NC(N)=O)cc1. The van der Waals surface area contributed by atoms with Crippen molar-refractivity contribution in [3.05, 3.63) is 59.7 Å². The van der Waals surface area contributed by atoms with E-state index in [1.165, 1.54) is 0 Å². The van der Waals surface area contributed by atoms with E-state index in [-0.39, 0.29) is 5.91 Å². The number of hydrogen-bond donors (Lipinski definition) is 3. The average molecular weight is 341 g/mol. The van der Waals surface area contributed by atoms with Crippen LogP contribution in [0.15, 0.2) is 48.5 Å². The number of benzene rings is 2. The maximum Gasteiger partial charge on any atom is 0.316 e. The van der Waals surface area contributed by atoms with Crippen LogP contribution in [0.1, 0.15) is 24.5 Å². The highest BCUT2D eigenvalue weighted by molar-refractivity contribution is 5.87. The van der Waals surface area contributed by atoms with Crippen molar-refractivity contribution >= 4 is 17.6 Å². The van der Waals surface area contributed by atoms with Gasteiger partial charge in [0.05, 0.1) is 6.61 Å². The second-order valence-electron chi connectivity index (χ2n) is 5.50. The Labute approximate surface area is 147 Å². The first-order valence-corrected chi connectivity index (χ1v) is 8.21. The molecule has 0 fully saturated rings. The molecule has 0 radical (unpaired) electrons. The summed E-state index contributed by atoms with van der Waals surface area (Å²) < 4.78 is 5.57. The van der Waals surface area contributed by atoms with E-state index in [1.807, 2.05) is 43.3 Å². The van der Waals surface area contributed by atoms with Gasteiger partial charge in [-0.15, -0.1) is 0 Å². The van der Waals surface area contributed by atoms with Crippen LogP contribution < -0.4 is 21.1 Å². The zero-order chi connectivity index (χ0) is 18.1. The molecule has 3 amide bonds. The first kappa shape index (κ1) is 18.3. The Hall–Kier alpha value is -3.02. The quantitative estimate of drug-likeness (QED) is 0.689. The zero-order valence-electron chi connectivity index (χ0n) is 14.2. The molecular formula is C19H23N3O3. The average Bonchev–Trinajstić information content (AvgIpc) is 2.60. The number of carbonyl (C=O) groups excluding carboxylic acids is 2. The first-order valence-electron chi connectivity index (χ1n) is 8.21. The van der Waals surface area contributed by atoms with E-state index in [0.717, 1.165) is 16.9 Å². The van der Waals surface area contributed by atoms with Crippen LogP contribution in [0.3, 0.4) is 0 Å². The highest BCUT2D eigenvalue weighted by Gasteiger charge is 2.07. The third kappa shape index (κ3) is 6.18. The largest absolute Gasteiger partial charge is 0.494 e. The van der Waals surface area contributed by atoms with Crippen molar-refractivity contribution in [1.29, 1.82) is 0 Å². The summed E-state index contributed by atoms with van der Waals surface area (Å²) in [5.74, 6) is 0.806. The molecule has 0 unspecified atom stereocenters. The van der Waals surface area contributed by atoms with E-state index >= 15 is 0 Å². The number of ether oxygens (including phenoxy) is 1. The summed E-state index contributed by atoms with van der Waals surface area (Å²) in [6, 6.07) is 14.3. The molecule has 2 rings (SSSR count). The minimum absolute atomic E-state index is 0.0226. The first-order chi connectivity index (χ1) is 12.1. The van der Waals surface area contributed by atoms with E-state index < -0.39 is 6.03 Å². The van der Waals surface area contributed by atoms with Gasteiger partial charge < -0.3 is 21.1 Å². The number of para-hydroxylation sites is 1. The highest BCUT2D eigenvalue weighted by Crippen LogP contribution is 2.19. The van der Waals surface area contributed by atoms with Gasteiger partial charge in [0.2, 0.25) is 5.91 Å². The van der Waals surface area contributed by atoms with Crippen molar-refractivity contribution in [1.82, 2.24) is 5.32 Å². The molecule has 0 heterocycles. The van der Waals surface area contributed by atoms with E-state index in [2.05, 4.69) is 10.6 Å². The van der Waals surface area contributed by atoms with Gasteiger partial charge in [-0.3, -0.25) is 4.79 Å². The zero-order valence-corrected chi connectivity index (χ0v) is 14.2. The molecule has 0 aliphatic rings. The van der Waals surface area contributed by atoms with E-state index in [4.69, 9.17) is 10.5 Å². The standard InChI is InChI=1S/C19H23N3O3/c1-2-25-17-6-4-3-5-15(17)9-12-18(23)21-13-14-7-10-16(11-8-14)22-19(20)24/h3-8,10-11H,2,9,12-13H2,1H3,(H,21,23)(H3,20,22,24). The Balaban J connectivity index is 1.80. The molecule has 0 saturated heterocycles. The van der Waals surface area contributed by atoms with Crippen molar-refractivity contribution in [2.24, 2.45) is 5.73 Å². The molecule has 2 aromatic rings. The van der Waals surface area contributed by atoms with Crippen LogP contribution >= 0.6 is 0 Å². The predicted molar refractivity (Wildman–Crippen MR) is 97.4 cm³/mol. The molecule has 0 bridgehead atoms. The number of primary amides is 1. The molecule has 6 heteroatoms. The van der Waals surface area contributed by atoms with Crippen LogP contribution in [0.25, 0.3) is 0 Å². The Morgan fingerprint density at radius 1 is 1.08 bits per heavy atom. The minimum Gasteiger partial charge on any atom is -0.494 e. The van der Waals surface area contributed by atoms with Gasteiger partial charge in [0.15, 0.2) is 0 Å². The molecule has 0 aromatic heterocycles. The molecule has 4 N–H and O–H groups in total. The Bertz CT molecular complexity index is 714. The van der Waals surface area contributed by atoms with Gasteiger partial charge in [0.25, 0.3) is 0 Å². The van der Waals surface area contributed by atoms with Crippen molar-refractivity contribution < 1.29 is 14.3 Å². The second-order valence-corrected chi connectivity index (χ2v) is 5.50. The maximum absolute atomic E-state index is 12.0. The van der Waals surface area contributed by atoms with Crippen molar-refractivity contribution in [2.45, 2.75) is 26.3 Å². The van der Waals surface area contributed by atoms with Gasteiger partial charge in [-0.2, -0.15) is 0 Å². The number of urea groups is 1. The van der Waals surface area contributed by atoms with Gasteiger partial charge in [-0.1, -0.05) is 30.3 Å². The molecule has 0 spiro atoms. The van der Waals surface area contributed by atoms with E-state index in [9.17, 15) is 9.59 Å². The molecule has 0 saturated carbocycles. The lowest BCUT2D eigenvalue weighted by Crippen LogP contribution is -2.23. The smallest absolute Gasteiger partial charge is 0.316 e. The van der Waals surface area contributed by atoms with Crippen LogP contribution in [-0.2, 0) is 17.8 Å². The van der Waals surface area contributed by atoms with Crippen LogP contribution in [0.2, 0.25) is 0 Å². The van der Waals surface area contributed by atoms with Gasteiger partial charge in [0, 0.05) is 18.7 Å². The number of nitrogens with one attached hydrogen (secondary N) is 2. The number of hydrogen-bond acceptors (Lipinski definition) is 3. The third-order valence-electron chi connectivity index (χ3n) is 3.61. The molecule has 6 nitrogen and oxygen atoms in total. The Morgan fingerprint density at radius 3 is 2.48 bits per heavy atom. The fourth-order valence-corrected chi connectivity index (χ4v) is 2.39. The van der Waals surface area contributed by atoms with E-state index in [1.54, 1.807) is 12.1 Å². The lowest BCUT2D eigenvalue weighted by Gasteiger charge is -2.10. The summed E-state index contributed by atoms with van der Waals surface area (Å²) >= 11 is 0. The summed E-state index contributed by atoms with van der Waals surface area (Å²) in [7, 11) is 0. The number of aryl methyl sites for hydroxylation is 1. The molecule has 132 valence electrons. The highest BCUT2D eigenvalue weighted by atomic mass is 16.5. The normalized spacial score (nSPS) is 10.1. The van der Waals surface area contributed by atoms with Crippen LogP contribution in [0.4, 0.5) is 10.5 Å². The summed E-state index contributed by atoms with van der Waals surface area (Å²) in [6.07, 6.45) is 1.02. The summed E-state index contributed by atoms with van der Waals surface area (Å²) in [5, 5.41) is 5.38. The molecule has 0 aliphatic carbocycles. The summed E-state index contributed by atoms with van der Waals surface area (Å²) in [5.41, 5.74) is 7.65. The number of rotatable bonds is 8. The van der Waals surface area contributed by atoms with Crippen LogP contribution in [0.5, 0.6) is 5.75 Å². The van der Waals surface area contributed by atoms with E-state index in [0.29, 0.717) is 31.7 Å². The molecule has 0 atom stereocenters. The second kappa shape index (κ2) is 9.32. The monoisotopic (exact) mass is 341 g/mol. The Kier molecular flexibility index (Phi) is 6.83. The van der Waals surface area contributed by atoms with Gasteiger partial charge in [-0.05, 0) is 42.7 Å². The lowest BCUT2D eigenvalue weighted by atomic mass is 10.1. The summed E-state index contributed by atoms with van der Waals surface area (Å²) in [4.78, 5) is 22.8. The predicted octanol–water partition coefficient (Wildman–Crippen LogP) is 2.82. The number of amides is 3. The molecular weight excluding hydrogens is 318 g/mol. The number of anilines is 1. The van der Waals surface area contributed by atoms with Crippen LogP contribution in [-0.4, -0.2) is 18.5 Å². The van der Waals surface area contributed by atoms with Crippen molar-refractivity contribution in [2.75, 3.05) is 11.9 Å². The van der Waals surface area contributed by atoms with Gasteiger partial charge in [-0.25, -0.2) is 4.79 Å². The summed E-state index contributed by atoms with van der Waals surface area (Å²) in [6.45, 7) is 2.97. The Morgan fingerprint density at radius 2 is 1.80 bits per heavy atom. The lowest BCUT2D eigenvalue weighted by molar-refractivity contribution is -0.121.